The van der Waals surface area contributed by atoms with E-state index in [1.807, 2.05) is 26.8 Å². The first kappa shape index (κ1) is 23.6. The lowest BCUT2D eigenvalue weighted by Crippen LogP contribution is -2.50. The lowest BCUT2D eigenvalue weighted by atomic mass is 9.66. The first-order chi connectivity index (χ1) is 15.5. The second kappa shape index (κ2) is 7.92. The molecule has 6 aliphatic rings. The van der Waals surface area contributed by atoms with Gasteiger partial charge < -0.3 is 9.47 Å². The van der Waals surface area contributed by atoms with Crippen molar-refractivity contribution in [2.75, 3.05) is 0 Å². The smallest absolute Gasteiger partial charge is 0.356 e. The standard InChI is InChI=1S/C26H25Br3O4/c1-24(2)25(3)8-9-26(24,33-22(25)30)23(31)32-21-13-16-5-4-14-10-19(28)15(11-18(14)27)6-7-17(21)12-20(16)29/h10-13H,4-9H2,1-3H3. The number of ether oxygens (including phenoxy) is 2. The molecule has 2 fully saturated rings. The first-order valence-electron chi connectivity index (χ1n) is 11.2. The van der Waals surface area contributed by atoms with Crippen LogP contribution in [0.5, 0.6) is 5.75 Å². The quantitative estimate of drug-likeness (QED) is 0.265. The van der Waals surface area contributed by atoms with Crippen LogP contribution in [0.3, 0.4) is 0 Å². The largest absolute Gasteiger partial charge is 0.446 e. The van der Waals surface area contributed by atoms with Gasteiger partial charge in [0.2, 0.25) is 5.60 Å². The summed E-state index contributed by atoms with van der Waals surface area (Å²) in [5.74, 6) is -0.200. The van der Waals surface area contributed by atoms with E-state index in [0.717, 1.165) is 43.8 Å². The predicted molar refractivity (Wildman–Crippen MR) is 136 cm³/mol. The van der Waals surface area contributed by atoms with Crippen molar-refractivity contribution in [3.05, 3.63) is 59.9 Å². The molecule has 8 rings (SSSR count). The molecular weight excluding hydrogens is 616 g/mol. The van der Waals surface area contributed by atoms with Crippen LogP contribution in [0.15, 0.2) is 37.7 Å². The van der Waals surface area contributed by atoms with E-state index in [-0.39, 0.29) is 5.97 Å². The average Bonchev–Trinajstić information content (AvgIpc) is 3.04. The molecule has 0 spiro atoms. The molecule has 2 atom stereocenters. The molecule has 7 heteroatoms. The molecule has 2 aromatic rings. The van der Waals surface area contributed by atoms with Crippen molar-refractivity contribution in [1.82, 2.24) is 0 Å². The summed E-state index contributed by atoms with van der Waals surface area (Å²) in [5.41, 5.74) is 1.91. The summed E-state index contributed by atoms with van der Waals surface area (Å²) < 4.78 is 15.1. The minimum atomic E-state index is -1.24. The minimum Gasteiger partial charge on any atom is -0.446 e. The highest BCUT2D eigenvalue weighted by molar-refractivity contribution is 9.11. The van der Waals surface area contributed by atoms with E-state index in [9.17, 15) is 9.59 Å². The summed E-state index contributed by atoms with van der Waals surface area (Å²) in [4.78, 5) is 26.3. The van der Waals surface area contributed by atoms with E-state index in [1.54, 1.807) is 0 Å². The summed E-state index contributed by atoms with van der Waals surface area (Å²) in [6.07, 6.45) is 4.26. The molecular formula is C26H25Br3O4. The van der Waals surface area contributed by atoms with Gasteiger partial charge in [-0.1, -0.05) is 61.6 Å². The molecule has 4 nitrogen and oxygen atoms in total. The zero-order valence-corrected chi connectivity index (χ0v) is 23.6. The van der Waals surface area contributed by atoms with Crippen molar-refractivity contribution in [3.8, 4) is 5.75 Å². The lowest BCUT2D eigenvalue weighted by Gasteiger charge is -2.34. The maximum atomic E-state index is 13.6. The normalized spacial score (nSPS) is 27.3. The summed E-state index contributed by atoms with van der Waals surface area (Å²) in [6, 6.07) is 8.40. The molecule has 33 heavy (non-hydrogen) atoms. The van der Waals surface area contributed by atoms with Gasteiger partial charge in [-0.15, -0.1) is 0 Å². The summed E-state index contributed by atoms with van der Waals surface area (Å²) >= 11 is 11.2. The first-order valence-corrected chi connectivity index (χ1v) is 13.6. The highest BCUT2D eigenvalue weighted by Gasteiger charge is 2.76. The lowest BCUT2D eigenvalue weighted by molar-refractivity contribution is -0.176. The number of fused-ring (bicyclic) bond motifs is 2. The fraction of sp³-hybridized carbons (Fsp3) is 0.462. The van der Waals surface area contributed by atoms with Gasteiger partial charge in [0, 0.05) is 18.8 Å². The number of carbonyl (C=O) groups excluding carboxylic acids is 2. The molecule has 0 radical (unpaired) electrons. The van der Waals surface area contributed by atoms with Gasteiger partial charge >= 0.3 is 11.9 Å². The second-order valence-corrected chi connectivity index (χ2v) is 12.7. The van der Waals surface area contributed by atoms with Gasteiger partial charge in [0.25, 0.3) is 0 Å². The highest BCUT2D eigenvalue weighted by atomic mass is 79.9. The topological polar surface area (TPSA) is 52.6 Å². The Kier molecular flexibility index (Phi) is 5.65. The number of aryl methyl sites for hydroxylation is 4. The van der Waals surface area contributed by atoms with Crippen LogP contribution < -0.4 is 4.74 Å². The van der Waals surface area contributed by atoms with Gasteiger partial charge in [-0.2, -0.15) is 0 Å². The minimum absolute atomic E-state index is 0.298. The Hall–Kier alpha value is -1.18. The molecule has 0 aromatic heterocycles. The molecule has 2 aromatic carbocycles. The molecule has 1 aliphatic heterocycles. The Balaban J connectivity index is 1.51. The van der Waals surface area contributed by atoms with Crippen molar-refractivity contribution in [2.45, 2.75) is 64.9 Å². The number of carbonyl (C=O) groups is 2. The second-order valence-electron chi connectivity index (χ2n) is 10.1. The van der Waals surface area contributed by atoms with Crippen molar-refractivity contribution in [1.29, 1.82) is 0 Å². The van der Waals surface area contributed by atoms with E-state index in [1.165, 1.54) is 11.1 Å². The van der Waals surface area contributed by atoms with E-state index in [0.29, 0.717) is 25.0 Å². The Labute approximate surface area is 219 Å². The van der Waals surface area contributed by atoms with Crippen molar-refractivity contribution < 1.29 is 19.1 Å². The van der Waals surface area contributed by atoms with E-state index in [4.69, 9.17) is 9.47 Å². The van der Waals surface area contributed by atoms with Gasteiger partial charge in [0.15, 0.2) is 0 Å². The summed E-state index contributed by atoms with van der Waals surface area (Å²) in [6.45, 7) is 5.80. The van der Waals surface area contributed by atoms with Crippen LogP contribution in [0, 0.1) is 10.8 Å². The molecule has 2 unspecified atom stereocenters. The Morgan fingerprint density at radius 2 is 1.30 bits per heavy atom. The number of rotatable bonds is 2. The van der Waals surface area contributed by atoms with Crippen LogP contribution in [0.4, 0.5) is 0 Å². The maximum absolute atomic E-state index is 13.6. The van der Waals surface area contributed by atoms with Crippen molar-refractivity contribution >= 4 is 59.7 Å². The van der Waals surface area contributed by atoms with Crippen LogP contribution in [0.1, 0.15) is 55.9 Å². The Morgan fingerprint density at radius 3 is 1.79 bits per heavy atom. The number of hydrogen-bond donors (Lipinski definition) is 0. The molecule has 5 aliphatic carbocycles. The summed E-state index contributed by atoms with van der Waals surface area (Å²) in [5, 5.41) is 0. The maximum Gasteiger partial charge on any atom is 0.356 e. The monoisotopic (exact) mass is 638 g/mol. The number of esters is 2. The van der Waals surface area contributed by atoms with E-state index < -0.39 is 22.4 Å². The third-order valence-electron chi connectivity index (χ3n) is 8.39. The molecule has 174 valence electrons. The van der Waals surface area contributed by atoms with Gasteiger partial charge in [-0.3, -0.25) is 4.79 Å². The molecule has 1 heterocycles. The zero-order chi connectivity index (χ0) is 23.8. The molecule has 6 bridgehead atoms. The van der Waals surface area contributed by atoms with Gasteiger partial charge in [0.05, 0.1) is 5.41 Å². The van der Waals surface area contributed by atoms with Crippen LogP contribution in [-0.4, -0.2) is 17.5 Å². The van der Waals surface area contributed by atoms with Gasteiger partial charge in [0.1, 0.15) is 5.75 Å². The van der Waals surface area contributed by atoms with Crippen LogP contribution in [0.2, 0.25) is 0 Å². The van der Waals surface area contributed by atoms with E-state index >= 15 is 0 Å². The van der Waals surface area contributed by atoms with Gasteiger partial charge in [-0.05, 0) is 92.0 Å². The van der Waals surface area contributed by atoms with Crippen molar-refractivity contribution in [3.63, 3.8) is 0 Å². The Morgan fingerprint density at radius 1 is 0.818 bits per heavy atom. The van der Waals surface area contributed by atoms with E-state index in [2.05, 4.69) is 66.0 Å². The van der Waals surface area contributed by atoms with Crippen LogP contribution in [0.25, 0.3) is 0 Å². The molecule has 0 N–H and O–H groups in total. The SMILES string of the molecule is CC12CCC(C(=O)Oc3cc4c(Br)cc3CCc3cc(Br)c(cc3Br)CC4)(OC1=O)C2(C)C. The third-order valence-corrected chi connectivity index (χ3v) is 10.6. The fourth-order valence-corrected chi connectivity index (χ4v) is 7.32. The predicted octanol–water partition coefficient (Wildman–Crippen LogP) is 6.89. The molecule has 0 amide bonds. The summed E-state index contributed by atoms with van der Waals surface area (Å²) in [7, 11) is 0. The van der Waals surface area contributed by atoms with Crippen molar-refractivity contribution in [2.24, 2.45) is 10.8 Å². The van der Waals surface area contributed by atoms with Crippen LogP contribution in [-0.2, 0) is 40.0 Å². The number of benzene rings is 2. The Bertz CT molecular complexity index is 1200. The third kappa shape index (κ3) is 3.40. The number of halogens is 3. The van der Waals surface area contributed by atoms with Crippen LogP contribution >= 0.6 is 47.8 Å². The van der Waals surface area contributed by atoms with Gasteiger partial charge in [-0.25, -0.2) is 4.79 Å². The average molecular weight is 641 g/mol. The molecule has 1 saturated heterocycles. The zero-order valence-electron chi connectivity index (χ0n) is 18.8. The molecule has 1 saturated carbocycles. The number of hydrogen-bond acceptors (Lipinski definition) is 4. The fourth-order valence-electron chi connectivity index (χ4n) is 5.55. The highest BCUT2D eigenvalue weighted by Crippen LogP contribution is 2.65.